The molecule has 0 spiro atoms. The van der Waals surface area contributed by atoms with Gasteiger partial charge in [0.05, 0.1) is 5.56 Å². The molecule has 0 atom stereocenters. The van der Waals surface area contributed by atoms with Crippen LogP contribution in [-0.2, 0) is 6.42 Å². The van der Waals surface area contributed by atoms with Crippen LogP contribution in [0.1, 0.15) is 34.4 Å². The third kappa shape index (κ3) is 2.77. The maximum atomic E-state index is 11.3. The van der Waals surface area contributed by atoms with Crippen molar-refractivity contribution in [2.75, 3.05) is 0 Å². The highest BCUT2D eigenvalue weighted by atomic mass is 35.5. The summed E-state index contributed by atoms with van der Waals surface area (Å²) in [6.07, 6.45) is 0.672. The Labute approximate surface area is 105 Å². The zero-order valence-corrected chi connectivity index (χ0v) is 10.5. The molecule has 0 amide bonds. The number of hydrogen-bond acceptors (Lipinski definition) is 2. The molecule has 1 aromatic carbocycles. The number of aryl methyl sites for hydroxylation is 1. The number of furan rings is 1. The maximum Gasteiger partial charge on any atom is 0.163 e. The van der Waals surface area contributed by atoms with Gasteiger partial charge in [-0.15, -0.1) is 0 Å². The van der Waals surface area contributed by atoms with Crippen molar-refractivity contribution in [2.45, 2.75) is 20.3 Å². The van der Waals surface area contributed by atoms with E-state index >= 15 is 0 Å². The summed E-state index contributed by atoms with van der Waals surface area (Å²) in [5.74, 6) is 1.52. The average molecular weight is 249 g/mol. The van der Waals surface area contributed by atoms with Gasteiger partial charge < -0.3 is 4.42 Å². The maximum absolute atomic E-state index is 11.3. The normalized spacial score (nSPS) is 10.5. The number of ketones is 1. The summed E-state index contributed by atoms with van der Waals surface area (Å²) in [5.41, 5.74) is 1.77. The number of carbonyl (C=O) groups excluding carboxylic acids is 1. The van der Waals surface area contributed by atoms with Gasteiger partial charge in [0.1, 0.15) is 11.5 Å². The van der Waals surface area contributed by atoms with Gasteiger partial charge in [-0.05, 0) is 37.6 Å². The van der Waals surface area contributed by atoms with Crippen LogP contribution in [0.15, 0.2) is 34.7 Å². The van der Waals surface area contributed by atoms with Gasteiger partial charge in [0.15, 0.2) is 5.78 Å². The quantitative estimate of drug-likeness (QED) is 0.768. The first-order valence-corrected chi connectivity index (χ1v) is 5.79. The molecule has 0 radical (unpaired) electrons. The Bertz CT molecular complexity index is 538. The Balaban J connectivity index is 2.22. The number of rotatable bonds is 3. The summed E-state index contributed by atoms with van der Waals surface area (Å²) in [4.78, 5) is 11.3. The van der Waals surface area contributed by atoms with E-state index in [0.29, 0.717) is 22.8 Å². The van der Waals surface area contributed by atoms with Crippen molar-refractivity contribution >= 4 is 17.4 Å². The first kappa shape index (κ1) is 11.9. The van der Waals surface area contributed by atoms with Crippen LogP contribution >= 0.6 is 11.6 Å². The third-order valence-electron chi connectivity index (χ3n) is 2.64. The molecule has 0 saturated carbocycles. The van der Waals surface area contributed by atoms with E-state index < -0.39 is 0 Å². The van der Waals surface area contributed by atoms with E-state index in [1.165, 1.54) is 0 Å². The molecule has 2 nitrogen and oxygen atoms in total. The van der Waals surface area contributed by atoms with Gasteiger partial charge in [-0.3, -0.25) is 4.79 Å². The van der Waals surface area contributed by atoms with Gasteiger partial charge >= 0.3 is 0 Å². The lowest BCUT2D eigenvalue weighted by Gasteiger charge is -1.97. The molecule has 2 rings (SSSR count). The molecule has 0 bridgehead atoms. The second-order valence-electron chi connectivity index (χ2n) is 4.04. The molecule has 17 heavy (non-hydrogen) atoms. The molecule has 0 N–H and O–H groups in total. The molecule has 88 valence electrons. The van der Waals surface area contributed by atoms with Crippen LogP contribution in [0.2, 0.25) is 5.02 Å². The first-order valence-electron chi connectivity index (χ1n) is 5.41. The van der Waals surface area contributed by atoms with Crippen LogP contribution in [0.4, 0.5) is 0 Å². The van der Waals surface area contributed by atoms with Crippen molar-refractivity contribution in [3.63, 3.8) is 0 Å². The van der Waals surface area contributed by atoms with Gasteiger partial charge in [-0.1, -0.05) is 23.7 Å². The van der Waals surface area contributed by atoms with Gasteiger partial charge in [0.2, 0.25) is 0 Å². The molecule has 0 fully saturated rings. The van der Waals surface area contributed by atoms with Crippen LogP contribution in [-0.4, -0.2) is 5.78 Å². The summed E-state index contributed by atoms with van der Waals surface area (Å²) in [5, 5.41) is 0.716. The van der Waals surface area contributed by atoms with Crippen molar-refractivity contribution in [2.24, 2.45) is 0 Å². The molecule has 0 saturated heterocycles. The predicted molar refractivity (Wildman–Crippen MR) is 67.7 cm³/mol. The smallest absolute Gasteiger partial charge is 0.163 e. The lowest BCUT2D eigenvalue weighted by molar-refractivity contribution is 0.101. The monoisotopic (exact) mass is 248 g/mol. The Morgan fingerprint density at radius 1 is 1.29 bits per heavy atom. The van der Waals surface area contributed by atoms with Crippen molar-refractivity contribution in [1.29, 1.82) is 0 Å². The molecule has 2 aromatic rings. The fourth-order valence-corrected chi connectivity index (χ4v) is 1.91. The largest absolute Gasteiger partial charge is 0.465 e. The van der Waals surface area contributed by atoms with Crippen molar-refractivity contribution in [3.05, 3.63) is 58.0 Å². The number of Topliss-reactive ketones (excluding diaryl/α,β-unsaturated/α-hetero) is 1. The summed E-state index contributed by atoms with van der Waals surface area (Å²) in [7, 11) is 0. The number of benzene rings is 1. The number of halogens is 1. The SMILES string of the molecule is CC(=O)c1cc(Cc2ccc(Cl)cc2)oc1C. The highest BCUT2D eigenvalue weighted by Crippen LogP contribution is 2.19. The molecule has 0 aliphatic rings. The van der Waals surface area contributed by atoms with E-state index in [4.69, 9.17) is 16.0 Å². The van der Waals surface area contributed by atoms with E-state index in [9.17, 15) is 4.79 Å². The first-order chi connectivity index (χ1) is 8.06. The topological polar surface area (TPSA) is 30.2 Å². The van der Waals surface area contributed by atoms with Crippen molar-refractivity contribution in [1.82, 2.24) is 0 Å². The standard InChI is InChI=1S/C14H13ClO2/c1-9(16)14-8-13(17-10(14)2)7-11-3-5-12(15)6-4-11/h3-6,8H,7H2,1-2H3. The van der Waals surface area contributed by atoms with Crippen molar-refractivity contribution in [3.8, 4) is 0 Å². The van der Waals surface area contributed by atoms with E-state index in [0.717, 1.165) is 11.3 Å². The zero-order chi connectivity index (χ0) is 12.4. The van der Waals surface area contributed by atoms with Crippen LogP contribution in [0.25, 0.3) is 0 Å². The summed E-state index contributed by atoms with van der Waals surface area (Å²) < 4.78 is 5.56. The second-order valence-corrected chi connectivity index (χ2v) is 4.48. The van der Waals surface area contributed by atoms with E-state index in [1.807, 2.05) is 37.3 Å². The van der Waals surface area contributed by atoms with Crippen molar-refractivity contribution < 1.29 is 9.21 Å². The molecule has 1 aromatic heterocycles. The molecule has 0 unspecified atom stereocenters. The number of hydrogen-bond donors (Lipinski definition) is 0. The predicted octanol–water partition coefficient (Wildman–Crippen LogP) is 4.03. The van der Waals surface area contributed by atoms with Crippen LogP contribution in [0.3, 0.4) is 0 Å². The molecular formula is C14H13ClO2. The van der Waals surface area contributed by atoms with Crippen LogP contribution in [0, 0.1) is 6.92 Å². The highest BCUT2D eigenvalue weighted by molar-refractivity contribution is 6.30. The number of carbonyl (C=O) groups is 1. The van der Waals surface area contributed by atoms with Gasteiger partial charge in [-0.2, -0.15) is 0 Å². The molecular weight excluding hydrogens is 236 g/mol. The van der Waals surface area contributed by atoms with Crippen LogP contribution in [0.5, 0.6) is 0 Å². The Morgan fingerprint density at radius 2 is 1.94 bits per heavy atom. The van der Waals surface area contributed by atoms with E-state index in [1.54, 1.807) is 6.92 Å². The zero-order valence-electron chi connectivity index (χ0n) is 9.79. The summed E-state index contributed by atoms with van der Waals surface area (Å²) in [6.45, 7) is 3.35. The highest BCUT2D eigenvalue weighted by Gasteiger charge is 2.11. The van der Waals surface area contributed by atoms with Gasteiger partial charge in [0, 0.05) is 11.4 Å². The summed E-state index contributed by atoms with van der Waals surface area (Å²) >= 11 is 5.82. The fourth-order valence-electron chi connectivity index (χ4n) is 1.78. The minimum Gasteiger partial charge on any atom is -0.465 e. The minimum absolute atomic E-state index is 0.0357. The van der Waals surface area contributed by atoms with Gasteiger partial charge in [0.25, 0.3) is 0 Å². The van der Waals surface area contributed by atoms with Gasteiger partial charge in [-0.25, -0.2) is 0 Å². The lowest BCUT2D eigenvalue weighted by atomic mass is 10.1. The third-order valence-corrected chi connectivity index (χ3v) is 2.89. The Kier molecular flexibility index (Phi) is 3.34. The fraction of sp³-hybridized carbons (Fsp3) is 0.214. The molecule has 0 aliphatic heterocycles. The summed E-state index contributed by atoms with van der Waals surface area (Å²) in [6, 6.07) is 9.41. The molecule has 0 aliphatic carbocycles. The Hall–Kier alpha value is -1.54. The van der Waals surface area contributed by atoms with E-state index in [2.05, 4.69) is 0 Å². The van der Waals surface area contributed by atoms with E-state index in [-0.39, 0.29) is 5.78 Å². The van der Waals surface area contributed by atoms with Crippen LogP contribution < -0.4 is 0 Å². The lowest BCUT2D eigenvalue weighted by Crippen LogP contribution is -1.90. The Morgan fingerprint density at radius 3 is 2.47 bits per heavy atom. The molecule has 1 heterocycles. The molecule has 3 heteroatoms. The second kappa shape index (κ2) is 4.76. The average Bonchev–Trinajstić information content (AvgIpc) is 2.63. The minimum atomic E-state index is 0.0357.